The van der Waals surface area contributed by atoms with Crippen LogP contribution in [0.4, 0.5) is 0 Å². The number of carbonyl (C=O) groups excluding carboxylic acids is 2. The maximum atomic E-state index is 11.1. The third-order valence-electron chi connectivity index (χ3n) is 2.22. The first-order valence-corrected chi connectivity index (χ1v) is 5.45. The van der Waals surface area contributed by atoms with E-state index in [4.69, 9.17) is 9.47 Å². The van der Waals surface area contributed by atoms with Crippen molar-refractivity contribution in [2.75, 3.05) is 6.61 Å². The third kappa shape index (κ3) is 6.68. The largest absolute Gasteiger partial charge is 0.456 e. The number of ether oxygens (including phenoxy) is 2. The molecule has 0 bridgehead atoms. The molecule has 0 radical (unpaired) electrons. The molecule has 1 unspecified atom stereocenters. The average Bonchev–Trinajstić information content (AvgIpc) is 2.26. The van der Waals surface area contributed by atoms with Gasteiger partial charge in [0.15, 0.2) is 5.78 Å². The Labute approximate surface area is 102 Å². The minimum atomic E-state index is -0.637. The number of ketones is 1. The van der Waals surface area contributed by atoms with Crippen LogP contribution in [0.5, 0.6) is 0 Å². The van der Waals surface area contributed by atoms with Crippen LogP contribution < -0.4 is 0 Å². The summed E-state index contributed by atoms with van der Waals surface area (Å²) in [5, 5.41) is 0. The zero-order chi connectivity index (χ0) is 13.5. The second kappa shape index (κ2) is 7.01. The van der Waals surface area contributed by atoms with E-state index in [-0.39, 0.29) is 5.78 Å². The van der Waals surface area contributed by atoms with Gasteiger partial charge in [-0.25, -0.2) is 4.79 Å². The van der Waals surface area contributed by atoms with Gasteiger partial charge >= 0.3 is 5.97 Å². The van der Waals surface area contributed by atoms with Crippen molar-refractivity contribution in [2.24, 2.45) is 0 Å². The van der Waals surface area contributed by atoms with E-state index >= 15 is 0 Å². The summed E-state index contributed by atoms with van der Waals surface area (Å²) in [6, 6.07) is 0. The first kappa shape index (κ1) is 15.6. The van der Waals surface area contributed by atoms with Crippen LogP contribution in [0.25, 0.3) is 0 Å². The quantitative estimate of drug-likeness (QED) is 0.481. The van der Waals surface area contributed by atoms with Crippen molar-refractivity contribution in [1.29, 1.82) is 0 Å². The molecule has 0 saturated carbocycles. The molecule has 0 aliphatic rings. The molecule has 4 nitrogen and oxygen atoms in total. The van der Waals surface area contributed by atoms with Crippen LogP contribution >= 0.6 is 0 Å². The summed E-state index contributed by atoms with van der Waals surface area (Å²) in [5.41, 5.74) is -0.637. The molecule has 0 aromatic carbocycles. The lowest BCUT2D eigenvalue weighted by Gasteiger charge is -2.24. The SMILES string of the molecule is C=CC(=O)OC(C)(C)CCOC(C)C(=O)C=C. The van der Waals surface area contributed by atoms with Crippen molar-refractivity contribution in [1.82, 2.24) is 0 Å². The van der Waals surface area contributed by atoms with Crippen LogP contribution in [-0.2, 0) is 19.1 Å². The van der Waals surface area contributed by atoms with E-state index in [1.165, 1.54) is 6.08 Å². The van der Waals surface area contributed by atoms with Gasteiger partial charge in [-0.2, -0.15) is 0 Å². The molecule has 96 valence electrons. The van der Waals surface area contributed by atoms with Crippen molar-refractivity contribution in [3.05, 3.63) is 25.3 Å². The second-order valence-electron chi connectivity index (χ2n) is 4.25. The molecule has 0 rings (SSSR count). The molecule has 0 saturated heterocycles. The van der Waals surface area contributed by atoms with E-state index in [1.54, 1.807) is 20.8 Å². The van der Waals surface area contributed by atoms with Crippen LogP contribution in [-0.4, -0.2) is 30.1 Å². The zero-order valence-corrected chi connectivity index (χ0v) is 10.7. The molecule has 0 spiro atoms. The van der Waals surface area contributed by atoms with Gasteiger partial charge in [0, 0.05) is 12.5 Å². The Morgan fingerprint density at radius 1 is 1.29 bits per heavy atom. The maximum absolute atomic E-state index is 11.1. The predicted octanol–water partition coefficient (Wildman–Crippen LogP) is 2.04. The highest BCUT2D eigenvalue weighted by Crippen LogP contribution is 2.15. The normalized spacial score (nSPS) is 12.6. The maximum Gasteiger partial charge on any atom is 0.330 e. The van der Waals surface area contributed by atoms with E-state index in [1.807, 2.05) is 0 Å². The lowest BCUT2D eigenvalue weighted by Crippen LogP contribution is -2.30. The van der Waals surface area contributed by atoms with Gasteiger partial charge in [-0.3, -0.25) is 4.79 Å². The molecule has 0 aromatic rings. The Bertz CT molecular complexity index is 305. The van der Waals surface area contributed by atoms with Crippen LogP contribution in [0.15, 0.2) is 25.3 Å². The minimum absolute atomic E-state index is 0.161. The monoisotopic (exact) mass is 240 g/mol. The third-order valence-corrected chi connectivity index (χ3v) is 2.22. The molecule has 4 heteroatoms. The van der Waals surface area contributed by atoms with Crippen LogP contribution in [0, 0.1) is 0 Å². The highest BCUT2D eigenvalue weighted by atomic mass is 16.6. The van der Waals surface area contributed by atoms with Crippen molar-refractivity contribution < 1.29 is 19.1 Å². The molecule has 0 N–H and O–H groups in total. The fourth-order valence-electron chi connectivity index (χ4n) is 1.09. The summed E-state index contributed by atoms with van der Waals surface area (Å²) >= 11 is 0. The summed E-state index contributed by atoms with van der Waals surface area (Å²) in [5.74, 6) is -0.629. The van der Waals surface area contributed by atoms with Gasteiger partial charge in [-0.05, 0) is 26.8 Å². The lowest BCUT2D eigenvalue weighted by molar-refractivity contribution is -0.152. The van der Waals surface area contributed by atoms with E-state index in [0.717, 1.165) is 6.08 Å². The fraction of sp³-hybridized carbons (Fsp3) is 0.538. The van der Waals surface area contributed by atoms with Gasteiger partial charge in [-0.15, -0.1) is 0 Å². The smallest absolute Gasteiger partial charge is 0.330 e. The fourth-order valence-corrected chi connectivity index (χ4v) is 1.09. The Kier molecular flexibility index (Phi) is 6.43. The van der Waals surface area contributed by atoms with E-state index in [2.05, 4.69) is 13.2 Å². The number of esters is 1. The van der Waals surface area contributed by atoms with Gasteiger partial charge in [-0.1, -0.05) is 13.2 Å². The van der Waals surface area contributed by atoms with E-state index < -0.39 is 17.7 Å². The topological polar surface area (TPSA) is 52.6 Å². The number of hydrogen-bond acceptors (Lipinski definition) is 4. The highest BCUT2D eigenvalue weighted by molar-refractivity contribution is 5.92. The number of rotatable bonds is 8. The van der Waals surface area contributed by atoms with Crippen molar-refractivity contribution in [2.45, 2.75) is 38.9 Å². The van der Waals surface area contributed by atoms with Crippen molar-refractivity contribution >= 4 is 11.8 Å². The summed E-state index contributed by atoms with van der Waals surface area (Å²) in [6.45, 7) is 12.2. The average molecular weight is 240 g/mol. The van der Waals surface area contributed by atoms with Crippen LogP contribution in [0.1, 0.15) is 27.2 Å². The number of hydrogen-bond donors (Lipinski definition) is 0. The molecule has 0 aliphatic heterocycles. The Morgan fingerprint density at radius 2 is 1.88 bits per heavy atom. The summed E-state index contributed by atoms with van der Waals surface area (Å²) in [4.78, 5) is 22.2. The molecule has 0 aliphatic carbocycles. The molecule has 1 atom stereocenters. The summed E-state index contributed by atoms with van der Waals surface area (Å²) in [6.07, 6.45) is 2.33. The Balaban J connectivity index is 4.02. The standard InChI is InChI=1S/C13H20O4/c1-6-11(14)10(3)16-9-8-13(4,5)17-12(15)7-2/h6-7,10H,1-2,8-9H2,3-5H3. The minimum Gasteiger partial charge on any atom is -0.456 e. The molecule has 0 aromatic heterocycles. The molecular weight excluding hydrogens is 220 g/mol. The number of carbonyl (C=O) groups is 2. The molecular formula is C13H20O4. The molecule has 0 amide bonds. The first-order valence-electron chi connectivity index (χ1n) is 5.45. The first-order chi connectivity index (χ1) is 7.82. The molecule has 0 heterocycles. The van der Waals surface area contributed by atoms with Crippen molar-refractivity contribution in [3.63, 3.8) is 0 Å². The van der Waals surface area contributed by atoms with Gasteiger partial charge in [0.2, 0.25) is 0 Å². The highest BCUT2D eigenvalue weighted by Gasteiger charge is 2.22. The van der Waals surface area contributed by atoms with E-state index in [0.29, 0.717) is 13.0 Å². The Hall–Kier alpha value is -1.42. The van der Waals surface area contributed by atoms with Crippen LogP contribution in [0.3, 0.4) is 0 Å². The zero-order valence-electron chi connectivity index (χ0n) is 10.7. The van der Waals surface area contributed by atoms with Crippen molar-refractivity contribution in [3.8, 4) is 0 Å². The molecule has 17 heavy (non-hydrogen) atoms. The van der Waals surface area contributed by atoms with Gasteiger partial charge in [0.05, 0.1) is 6.61 Å². The van der Waals surface area contributed by atoms with E-state index in [9.17, 15) is 9.59 Å². The summed E-state index contributed by atoms with van der Waals surface area (Å²) < 4.78 is 10.4. The predicted molar refractivity (Wildman–Crippen MR) is 65.6 cm³/mol. The Morgan fingerprint density at radius 3 is 2.35 bits per heavy atom. The molecule has 0 fully saturated rings. The van der Waals surface area contributed by atoms with Gasteiger partial charge in [0.25, 0.3) is 0 Å². The lowest BCUT2D eigenvalue weighted by atomic mass is 10.1. The van der Waals surface area contributed by atoms with Gasteiger partial charge in [0.1, 0.15) is 11.7 Å². The summed E-state index contributed by atoms with van der Waals surface area (Å²) in [7, 11) is 0. The van der Waals surface area contributed by atoms with Crippen LogP contribution in [0.2, 0.25) is 0 Å². The van der Waals surface area contributed by atoms with Gasteiger partial charge < -0.3 is 9.47 Å². The second-order valence-corrected chi connectivity index (χ2v) is 4.25.